The third-order valence-electron chi connectivity index (χ3n) is 3.73. The number of hydrogen-bond acceptors (Lipinski definition) is 5. The van der Waals surface area contributed by atoms with Crippen molar-refractivity contribution < 1.29 is 14.7 Å². The summed E-state index contributed by atoms with van der Waals surface area (Å²) in [5.41, 5.74) is 0. The van der Waals surface area contributed by atoms with Gasteiger partial charge in [0.2, 0.25) is 11.9 Å². The van der Waals surface area contributed by atoms with Gasteiger partial charge in [-0.05, 0) is 44.2 Å². The first-order chi connectivity index (χ1) is 10.1. The Kier molecular flexibility index (Phi) is 5.62. The van der Waals surface area contributed by atoms with Crippen LogP contribution in [0.4, 0.5) is 5.95 Å². The molecule has 1 amide bonds. The molecule has 2 rings (SSSR count). The van der Waals surface area contributed by atoms with E-state index in [-0.39, 0.29) is 18.4 Å². The lowest BCUT2D eigenvalue weighted by atomic mass is 9.82. The monoisotopic (exact) mass is 292 g/mol. The fourth-order valence-electron chi connectivity index (χ4n) is 2.54. The number of amides is 1. The Morgan fingerprint density at radius 1 is 1.19 bits per heavy atom. The van der Waals surface area contributed by atoms with E-state index in [1.165, 1.54) is 0 Å². The molecule has 0 aliphatic heterocycles. The van der Waals surface area contributed by atoms with Crippen molar-refractivity contribution >= 4 is 17.8 Å². The molecule has 0 atom stereocenters. The number of aliphatic carboxylic acids is 1. The largest absolute Gasteiger partial charge is 0.481 e. The Balaban J connectivity index is 1.62. The lowest BCUT2D eigenvalue weighted by Crippen LogP contribution is -2.34. The molecule has 1 fully saturated rings. The summed E-state index contributed by atoms with van der Waals surface area (Å²) in [6, 6.07) is 1.68. The second-order valence-electron chi connectivity index (χ2n) is 5.31. The summed E-state index contributed by atoms with van der Waals surface area (Å²) in [5, 5.41) is 14.6. The first-order valence-corrected chi connectivity index (χ1v) is 7.15. The second-order valence-corrected chi connectivity index (χ2v) is 5.31. The number of nitrogens with zero attached hydrogens (tertiary/aromatic N) is 2. The lowest BCUT2D eigenvalue weighted by molar-refractivity contribution is -0.143. The molecule has 1 saturated carbocycles. The molecular formula is C14H20N4O3. The van der Waals surface area contributed by atoms with Crippen LogP contribution < -0.4 is 10.6 Å². The molecule has 1 aromatic heterocycles. The number of carbonyl (C=O) groups is 2. The number of aromatic nitrogens is 2. The van der Waals surface area contributed by atoms with Crippen LogP contribution in [-0.2, 0) is 9.59 Å². The highest BCUT2D eigenvalue weighted by Crippen LogP contribution is 2.28. The number of hydrogen-bond donors (Lipinski definition) is 3. The van der Waals surface area contributed by atoms with Gasteiger partial charge in [0.25, 0.3) is 0 Å². The van der Waals surface area contributed by atoms with Crippen LogP contribution in [0.1, 0.15) is 25.7 Å². The minimum Gasteiger partial charge on any atom is -0.481 e. The summed E-state index contributed by atoms with van der Waals surface area (Å²) in [6.45, 7) is 0.937. The number of carbonyl (C=O) groups excluding carboxylic acids is 1. The van der Waals surface area contributed by atoms with Crippen molar-refractivity contribution in [2.45, 2.75) is 25.7 Å². The Morgan fingerprint density at radius 3 is 2.48 bits per heavy atom. The van der Waals surface area contributed by atoms with E-state index in [9.17, 15) is 9.59 Å². The molecule has 7 heteroatoms. The Morgan fingerprint density at radius 2 is 1.86 bits per heavy atom. The SMILES string of the molecule is O=C(CNCC1CCC(C(=O)O)CC1)Nc1ncccn1. The van der Waals surface area contributed by atoms with E-state index >= 15 is 0 Å². The number of anilines is 1. The van der Waals surface area contributed by atoms with Crippen molar-refractivity contribution in [1.82, 2.24) is 15.3 Å². The van der Waals surface area contributed by atoms with E-state index in [2.05, 4.69) is 20.6 Å². The average Bonchev–Trinajstić information content (AvgIpc) is 2.49. The van der Waals surface area contributed by atoms with Gasteiger partial charge in [0.15, 0.2) is 0 Å². The van der Waals surface area contributed by atoms with E-state index in [1.54, 1.807) is 18.5 Å². The van der Waals surface area contributed by atoms with Gasteiger partial charge in [0.1, 0.15) is 0 Å². The van der Waals surface area contributed by atoms with Gasteiger partial charge in [-0.2, -0.15) is 0 Å². The van der Waals surface area contributed by atoms with Gasteiger partial charge in [0, 0.05) is 12.4 Å². The van der Waals surface area contributed by atoms with Crippen molar-refractivity contribution in [2.24, 2.45) is 11.8 Å². The van der Waals surface area contributed by atoms with Crippen LogP contribution in [0.25, 0.3) is 0 Å². The molecule has 114 valence electrons. The summed E-state index contributed by atoms with van der Waals surface area (Å²) < 4.78 is 0. The highest BCUT2D eigenvalue weighted by Gasteiger charge is 2.25. The van der Waals surface area contributed by atoms with E-state index in [1.807, 2.05) is 0 Å². The van der Waals surface area contributed by atoms with Crippen LogP contribution in [-0.4, -0.2) is 40.0 Å². The van der Waals surface area contributed by atoms with Gasteiger partial charge in [-0.25, -0.2) is 9.97 Å². The second kappa shape index (κ2) is 7.68. The van der Waals surface area contributed by atoms with Gasteiger partial charge >= 0.3 is 5.97 Å². The molecule has 1 aliphatic carbocycles. The van der Waals surface area contributed by atoms with Gasteiger partial charge < -0.3 is 10.4 Å². The van der Waals surface area contributed by atoms with E-state index in [4.69, 9.17) is 5.11 Å². The zero-order valence-corrected chi connectivity index (χ0v) is 11.8. The van der Waals surface area contributed by atoms with Crippen LogP contribution in [0, 0.1) is 11.8 Å². The summed E-state index contributed by atoms with van der Waals surface area (Å²) in [7, 11) is 0. The molecule has 1 heterocycles. The molecule has 3 N–H and O–H groups in total. The zero-order chi connectivity index (χ0) is 15.1. The molecule has 1 aliphatic rings. The number of carboxylic acid groups (broad SMARTS) is 1. The molecule has 0 aromatic carbocycles. The quantitative estimate of drug-likeness (QED) is 0.719. The summed E-state index contributed by atoms with van der Waals surface area (Å²) in [4.78, 5) is 30.4. The number of nitrogens with one attached hydrogen (secondary N) is 2. The molecule has 0 bridgehead atoms. The van der Waals surface area contributed by atoms with Gasteiger partial charge in [-0.3, -0.25) is 14.9 Å². The van der Waals surface area contributed by atoms with Crippen molar-refractivity contribution in [3.8, 4) is 0 Å². The van der Waals surface area contributed by atoms with Crippen LogP contribution in [0.2, 0.25) is 0 Å². The Labute approximate surface area is 123 Å². The molecular weight excluding hydrogens is 272 g/mol. The summed E-state index contributed by atoms with van der Waals surface area (Å²) in [6.07, 6.45) is 6.38. The maximum atomic E-state index is 11.7. The van der Waals surface area contributed by atoms with Crippen LogP contribution in [0.15, 0.2) is 18.5 Å². The van der Waals surface area contributed by atoms with Crippen LogP contribution >= 0.6 is 0 Å². The fourth-order valence-corrected chi connectivity index (χ4v) is 2.54. The van der Waals surface area contributed by atoms with Gasteiger partial charge in [-0.1, -0.05) is 0 Å². The van der Waals surface area contributed by atoms with E-state index in [0.29, 0.717) is 11.9 Å². The normalized spacial score (nSPS) is 21.7. The molecule has 1 aromatic rings. The predicted octanol–water partition coefficient (Wildman–Crippen LogP) is 0.896. The molecule has 7 nitrogen and oxygen atoms in total. The number of carboxylic acids is 1. The maximum absolute atomic E-state index is 11.7. The smallest absolute Gasteiger partial charge is 0.306 e. The molecule has 0 spiro atoms. The minimum absolute atomic E-state index is 0.180. The van der Waals surface area contributed by atoms with Gasteiger partial charge in [-0.15, -0.1) is 0 Å². The molecule has 0 radical (unpaired) electrons. The van der Waals surface area contributed by atoms with Crippen molar-refractivity contribution in [3.63, 3.8) is 0 Å². The van der Waals surface area contributed by atoms with E-state index in [0.717, 1.165) is 32.2 Å². The first-order valence-electron chi connectivity index (χ1n) is 7.15. The zero-order valence-electron chi connectivity index (χ0n) is 11.8. The maximum Gasteiger partial charge on any atom is 0.306 e. The summed E-state index contributed by atoms with van der Waals surface area (Å²) in [5.74, 6) is -0.323. The topological polar surface area (TPSA) is 104 Å². The Hall–Kier alpha value is -2.02. The molecule has 0 unspecified atom stereocenters. The Bertz CT molecular complexity index is 472. The van der Waals surface area contributed by atoms with Crippen molar-refractivity contribution in [2.75, 3.05) is 18.4 Å². The third-order valence-corrected chi connectivity index (χ3v) is 3.73. The molecule has 21 heavy (non-hydrogen) atoms. The van der Waals surface area contributed by atoms with Crippen molar-refractivity contribution in [1.29, 1.82) is 0 Å². The predicted molar refractivity (Wildman–Crippen MR) is 76.6 cm³/mol. The third kappa shape index (κ3) is 5.11. The highest BCUT2D eigenvalue weighted by molar-refractivity contribution is 5.90. The number of rotatable bonds is 6. The molecule has 0 saturated heterocycles. The highest BCUT2D eigenvalue weighted by atomic mass is 16.4. The van der Waals surface area contributed by atoms with Crippen molar-refractivity contribution in [3.05, 3.63) is 18.5 Å². The minimum atomic E-state index is -0.691. The van der Waals surface area contributed by atoms with Gasteiger partial charge in [0.05, 0.1) is 12.5 Å². The van der Waals surface area contributed by atoms with Crippen LogP contribution in [0.5, 0.6) is 0 Å². The summed E-state index contributed by atoms with van der Waals surface area (Å²) >= 11 is 0. The lowest BCUT2D eigenvalue weighted by Gasteiger charge is -2.26. The standard InChI is InChI=1S/C14H20N4O3/c19-12(18-14-16-6-1-7-17-14)9-15-8-10-2-4-11(5-3-10)13(20)21/h1,6-7,10-11,15H,2-5,8-9H2,(H,20,21)(H,16,17,18,19). The fraction of sp³-hybridized carbons (Fsp3) is 0.571. The van der Waals surface area contributed by atoms with E-state index < -0.39 is 5.97 Å². The first kappa shape index (κ1) is 15.4. The average molecular weight is 292 g/mol. The van der Waals surface area contributed by atoms with Crippen LogP contribution in [0.3, 0.4) is 0 Å².